The van der Waals surface area contributed by atoms with E-state index in [4.69, 9.17) is 11.5 Å². The maximum absolute atomic E-state index is 10.7. The zero-order chi connectivity index (χ0) is 13.1. The first kappa shape index (κ1) is 12.4. The van der Waals surface area contributed by atoms with E-state index in [2.05, 4.69) is 4.98 Å². The summed E-state index contributed by atoms with van der Waals surface area (Å²) in [5.41, 5.74) is 14.2. The van der Waals surface area contributed by atoms with Gasteiger partial charge < -0.3 is 16.0 Å². The molecule has 1 aromatic heterocycles. The number of nitrogens with zero attached hydrogens (tertiary/aromatic N) is 2. The number of hydrogen-bond donors (Lipinski definition) is 2. The molecule has 5 heteroatoms. The van der Waals surface area contributed by atoms with Crippen LogP contribution in [0.15, 0.2) is 18.2 Å². The molecule has 0 radical (unpaired) electrons. The SMILES string of the molecule is Cc1cccc2c1nc(N)n2CCCCC(N)=O. The quantitative estimate of drug-likeness (QED) is 0.785. The first-order chi connectivity index (χ1) is 8.59. The summed E-state index contributed by atoms with van der Waals surface area (Å²) in [5, 5.41) is 0. The van der Waals surface area contributed by atoms with Gasteiger partial charge in [-0.2, -0.15) is 0 Å². The predicted molar refractivity (Wildman–Crippen MR) is 71.9 cm³/mol. The number of para-hydroxylation sites is 1. The van der Waals surface area contributed by atoms with E-state index < -0.39 is 0 Å². The molecule has 0 aliphatic heterocycles. The fourth-order valence-electron chi connectivity index (χ4n) is 2.11. The number of fused-ring (bicyclic) bond motifs is 1. The number of imidazole rings is 1. The maximum Gasteiger partial charge on any atom is 0.217 e. The number of carbonyl (C=O) groups is 1. The molecule has 0 bridgehead atoms. The Kier molecular flexibility index (Phi) is 3.50. The summed E-state index contributed by atoms with van der Waals surface area (Å²) in [6, 6.07) is 6.03. The number of primary amides is 1. The lowest BCUT2D eigenvalue weighted by atomic mass is 10.2. The normalized spacial score (nSPS) is 10.9. The van der Waals surface area contributed by atoms with Gasteiger partial charge in [0.15, 0.2) is 0 Å². The van der Waals surface area contributed by atoms with Crippen molar-refractivity contribution in [2.45, 2.75) is 32.7 Å². The Bertz CT molecular complexity index is 574. The number of aromatic nitrogens is 2. The van der Waals surface area contributed by atoms with Crippen molar-refractivity contribution in [3.8, 4) is 0 Å². The van der Waals surface area contributed by atoms with E-state index in [1.54, 1.807) is 0 Å². The zero-order valence-electron chi connectivity index (χ0n) is 10.5. The molecule has 2 aromatic rings. The summed E-state index contributed by atoms with van der Waals surface area (Å²) in [7, 11) is 0. The molecule has 0 atom stereocenters. The lowest BCUT2D eigenvalue weighted by Crippen LogP contribution is -2.10. The number of hydrogen-bond acceptors (Lipinski definition) is 3. The van der Waals surface area contributed by atoms with Gasteiger partial charge in [0.05, 0.1) is 11.0 Å². The molecule has 0 unspecified atom stereocenters. The van der Waals surface area contributed by atoms with Crippen LogP contribution in [0.5, 0.6) is 0 Å². The van der Waals surface area contributed by atoms with Crippen molar-refractivity contribution in [2.24, 2.45) is 5.73 Å². The van der Waals surface area contributed by atoms with E-state index in [0.29, 0.717) is 12.4 Å². The standard InChI is InChI=1S/C13H18N4O/c1-9-5-4-6-10-12(9)16-13(15)17(10)8-3-2-7-11(14)18/h4-6H,2-3,7-8H2,1H3,(H2,14,18)(H2,15,16). The summed E-state index contributed by atoms with van der Waals surface area (Å²) in [4.78, 5) is 15.0. The summed E-state index contributed by atoms with van der Waals surface area (Å²) in [5.74, 6) is 0.271. The largest absolute Gasteiger partial charge is 0.370 e. The molecule has 4 N–H and O–H groups in total. The van der Waals surface area contributed by atoms with Crippen LogP contribution in [-0.2, 0) is 11.3 Å². The van der Waals surface area contributed by atoms with Crippen LogP contribution in [0.1, 0.15) is 24.8 Å². The van der Waals surface area contributed by atoms with Crippen LogP contribution < -0.4 is 11.5 Å². The Hall–Kier alpha value is -2.04. The van der Waals surface area contributed by atoms with Gasteiger partial charge in [-0.25, -0.2) is 4.98 Å². The van der Waals surface area contributed by atoms with Crippen molar-refractivity contribution in [3.63, 3.8) is 0 Å². The highest BCUT2D eigenvalue weighted by Gasteiger charge is 2.09. The summed E-state index contributed by atoms with van der Waals surface area (Å²) >= 11 is 0. The molecule has 1 aromatic carbocycles. The molecule has 0 saturated carbocycles. The number of unbranched alkanes of at least 4 members (excludes halogenated alkanes) is 1. The van der Waals surface area contributed by atoms with Crippen molar-refractivity contribution in [3.05, 3.63) is 23.8 Å². The Morgan fingerprint density at radius 1 is 1.39 bits per heavy atom. The molecule has 0 saturated heterocycles. The molecule has 18 heavy (non-hydrogen) atoms. The Balaban J connectivity index is 2.15. The van der Waals surface area contributed by atoms with Gasteiger partial charge in [-0.05, 0) is 31.4 Å². The van der Waals surface area contributed by atoms with Gasteiger partial charge >= 0.3 is 0 Å². The van der Waals surface area contributed by atoms with Crippen LogP contribution in [0.25, 0.3) is 11.0 Å². The maximum atomic E-state index is 10.7. The first-order valence-electron chi connectivity index (χ1n) is 6.09. The number of carbonyl (C=O) groups excluding carboxylic acids is 1. The highest BCUT2D eigenvalue weighted by atomic mass is 16.1. The van der Waals surface area contributed by atoms with Crippen molar-refractivity contribution in [1.82, 2.24) is 9.55 Å². The minimum absolute atomic E-state index is 0.255. The van der Waals surface area contributed by atoms with Gasteiger partial charge in [0.2, 0.25) is 11.9 Å². The van der Waals surface area contributed by atoms with E-state index >= 15 is 0 Å². The molecule has 0 spiro atoms. The van der Waals surface area contributed by atoms with Crippen molar-refractivity contribution >= 4 is 22.9 Å². The minimum Gasteiger partial charge on any atom is -0.370 e. The van der Waals surface area contributed by atoms with Gasteiger partial charge in [0.25, 0.3) is 0 Å². The second-order valence-corrected chi connectivity index (χ2v) is 4.49. The van der Waals surface area contributed by atoms with Crippen molar-refractivity contribution in [2.75, 3.05) is 5.73 Å². The second-order valence-electron chi connectivity index (χ2n) is 4.49. The van der Waals surface area contributed by atoms with Gasteiger partial charge in [0, 0.05) is 13.0 Å². The number of aryl methyl sites for hydroxylation is 2. The van der Waals surface area contributed by atoms with Crippen LogP contribution in [0.2, 0.25) is 0 Å². The molecular weight excluding hydrogens is 228 g/mol. The average molecular weight is 246 g/mol. The van der Waals surface area contributed by atoms with Crippen molar-refractivity contribution in [1.29, 1.82) is 0 Å². The summed E-state index contributed by atoms with van der Waals surface area (Å²) in [6.45, 7) is 2.78. The highest BCUT2D eigenvalue weighted by molar-refractivity contribution is 5.81. The third-order valence-electron chi connectivity index (χ3n) is 3.07. The number of amides is 1. The summed E-state index contributed by atoms with van der Waals surface area (Å²) in [6.07, 6.45) is 2.07. The van der Waals surface area contributed by atoms with Crippen LogP contribution >= 0.6 is 0 Å². The van der Waals surface area contributed by atoms with E-state index in [9.17, 15) is 4.79 Å². The monoisotopic (exact) mass is 246 g/mol. The van der Waals surface area contributed by atoms with Gasteiger partial charge in [-0.3, -0.25) is 4.79 Å². The second kappa shape index (κ2) is 5.08. The van der Waals surface area contributed by atoms with E-state index in [1.807, 2.05) is 29.7 Å². The Morgan fingerprint density at radius 3 is 2.89 bits per heavy atom. The molecule has 1 heterocycles. The van der Waals surface area contributed by atoms with Crippen molar-refractivity contribution < 1.29 is 4.79 Å². The molecule has 1 amide bonds. The van der Waals surface area contributed by atoms with Crippen LogP contribution in [-0.4, -0.2) is 15.5 Å². The molecular formula is C13H18N4O. The smallest absolute Gasteiger partial charge is 0.217 e. The van der Waals surface area contributed by atoms with Gasteiger partial charge in [0.1, 0.15) is 0 Å². The van der Waals surface area contributed by atoms with Crippen LogP contribution in [0.3, 0.4) is 0 Å². The Labute approximate surface area is 106 Å². The minimum atomic E-state index is -0.255. The van der Waals surface area contributed by atoms with Gasteiger partial charge in [-0.15, -0.1) is 0 Å². The third-order valence-corrected chi connectivity index (χ3v) is 3.07. The third kappa shape index (κ3) is 2.45. The average Bonchev–Trinajstić information content (AvgIpc) is 2.63. The molecule has 0 aliphatic carbocycles. The topological polar surface area (TPSA) is 86.9 Å². The highest BCUT2D eigenvalue weighted by Crippen LogP contribution is 2.21. The number of nitrogens with two attached hydrogens (primary N) is 2. The summed E-state index contributed by atoms with van der Waals surface area (Å²) < 4.78 is 1.99. The number of benzene rings is 1. The van der Waals surface area contributed by atoms with E-state index in [1.165, 1.54) is 0 Å². The lowest BCUT2D eigenvalue weighted by molar-refractivity contribution is -0.118. The Morgan fingerprint density at radius 2 is 2.17 bits per heavy atom. The molecule has 96 valence electrons. The van der Waals surface area contributed by atoms with Crippen LogP contribution in [0.4, 0.5) is 5.95 Å². The van der Waals surface area contributed by atoms with Crippen LogP contribution in [0, 0.1) is 6.92 Å². The number of rotatable bonds is 5. The fourth-order valence-corrected chi connectivity index (χ4v) is 2.11. The van der Waals surface area contributed by atoms with E-state index in [0.717, 1.165) is 36.0 Å². The zero-order valence-corrected chi connectivity index (χ0v) is 10.5. The number of anilines is 1. The van der Waals surface area contributed by atoms with E-state index in [-0.39, 0.29) is 5.91 Å². The predicted octanol–water partition coefficient (Wildman–Crippen LogP) is 1.58. The first-order valence-corrected chi connectivity index (χ1v) is 6.09. The molecule has 2 rings (SSSR count). The molecule has 5 nitrogen and oxygen atoms in total. The van der Waals surface area contributed by atoms with Gasteiger partial charge in [-0.1, -0.05) is 12.1 Å². The lowest BCUT2D eigenvalue weighted by Gasteiger charge is -2.05. The molecule has 0 aliphatic rings. The number of nitrogen functional groups attached to an aromatic ring is 1. The molecule has 0 fully saturated rings. The fraction of sp³-hybridized carbons (Fsp3) is 0.385.